The summed E-state index contributed by atoms with van der Waals surface area (Å²) in [5.74, 6) is 0. The lowest BCUT2D eigenvalue weighted by atomic mass is 10.0. The smallest absolute Gasteiger partial charge is 0.124 e. The number of benzene rings is 1. The van der Waals surface area contributed by atoms with Gasteiger partial charge in [0.25, 0.3) is 0 Å². The van der Waals surface area contributed by atoms with Crippen LogP contribution >= 0.6 is 0 Å². The Bertz CT molecular complexity index is 687. The first-order chi connectivity index (χ1) is 8.77. The van der Waals surface area contributed by atoms with Crippen LogP contribution in [0.3, 0.4) is 0 Å². The Morgan fingerprint density at radius 1 is 1.22 bits per heavy atom. The van der Waals surface area contributed by atoms with Crippen LogP contribution in [-0.2, 0) is 7.05 Å². The topological polar surface area (TPSA) is 63.8 Å². The van der Waals surface area contributed by atoms with Gasteiger partial charge in [-0.15, -0.1) is 5.10 Å². The van der Waals surface area contributed by atoms with E-state index in [-0.39, 0.29) is 0 Å². The molecular weight excluding hydrogens is 228 g/mol. The van der Waals surface area contributed by atoms with Gasteiger partial charge in [-0.1, -0.05) is 29.5 Å². The van der Waals surface area contributed by atoms with Gasteiger partial charge in [-0.25, -0.2) is 4.68 Å². The molecule has 0 radical (unpaired) electrons. The summed E-state index contributed by atoms with van der Waals surface area (Å²) in [4.78, 5) is 4.33. The first-order valence-corrected chi connectivity index (χ1v) is 5.63. The minimum Gasteiger partial charge on any atom is -0.382 e. The van der Waals surface area contributed by atoms with Gasteiger partial charge in [0.05, 0.1) is 17.4 Å². The van der Waals surface area contributed by atoms with Gasteiger partial charge in [0, 0.05) is 24.2 Å². The molecule has 5 nitrogen and oxygen atoms in total. The molecule has 3 aromatic rings. The van der Waals surface area contributed by atoms with Crippen molar-refractivity contribution in [1.82, 2.24) is 20.0 Å². The van der Waals surface area contributed by atoms with Crippen molar-refractivity contribution >= 4 is 10.9 Å². The van der Waals surface area contributed by atoms with Crippen molar-refractivity contribution in [1.29, 1.82) is 0 Å². The fourth-order valence-corrected chi connectivity index (χ4v) is 2.05. The van der Waals surface area contributed by atoms with Crippen molar-refractivity contribution in [2.24, 2.45) is 7.05 Å². The van der Waals surface area contributed by atoms with Gasteiger partial charge in [-0.3, -0.25) is 4.98 Å². The van der Waals surface area contributed by atoms with E-state index in [0.29, 0.717) is 5.69 Å². The van der Waals surface area contributed by atoms with E-state index in [9.17, 15) is 5.11 Å². The maximum absolute atomic E-state index is 10.4. The molecule has 5 heteroatoms. The summed E-state index contributed by atoms with van der Waals surface area (Å²) in [6.07, 6.45) is 2.51. The number of hydrogen-bond acceptors (Lipinski definition) is 4. The standard InChI is InChI=1S/C13H12N4O/c1-17-11(8-15-16-17)13(18)10-6-2-4-9-5-3-7-14-12(9)10/h2-8,13,18H,1H3. The molecule has 2 aromatic heterocycles. The zero-order valence-corrected chi connectivity index (χ0v) is 9.85. The van der Waals surface area contributed by atoms with Gasteiger partial charge in [-0.05, 0) is 6.07 Å². The SMILES string of the molecule is Cn1nncc1C(O)c1cccc2cccnc12. The van der Waals surface area contributed by atoms with E-state index in [4.69, 9.17) is 0 Å². The fourth-order valence-electron chi connectivity index (χ4n) is 2.05. The minimum atomic E-state index is -0.774. The highest BCUT2D eigenvalue weighted by atomic mass is 16.3. The van der Waals surface area contributed by atoms with E-state index in [1.165, 1.54) is 0 Å². The Morgan fingerprint density at radius 2 is 2.06 bits per heavy atom. The molecule has 0 saturated heterocycles. The van der Waals surface area contributed by atoms with Crippen LogP contribution in [0.1, 0.15) is 17.4 Å². The second-order valence-corrected chi connectivity index (χ2v) is 4.11. The zero-order chi connectivity index (χ0) is 12.5. The molecule has 0 spiro atoms. The minimum absolute atomic E-state index is 0.646. The molecule has 1 aromatic carbocycles. The van der Waals surface area contributed by atoms with Crippen molar-refractivity contribution in [3.63, 3.8) is 0 Å². The van der Waals surface area contributed by atoms with E-state index >= 15 is 0 Å². The maximum atomic E-state index is 10.4. The number of para-hydroxylation sites is 1. The number of hydrogen-bond donors (Lipinski definition) is 1. The number of pyridine rings is 1. The zero-order valence-electron chi connectivity index (χ0n) is 9.85. The van der Waals surface area contributed by atoms with E-state index < -0.39 is 6.10 Å². The van der Waals surface area contributed by atoms with E-state index in [1.807, 2.05) is 30.3 Å². The lowest BCUT2D eigenvalue weighted by Gasteiger charge is -2.12. The van der Waals surface area contributed by atoms with Crippen LogP contribution in [0.15, 0.2) is 42.7 Å². The molecule has 1 atom stereocenters. The lowest BCUT2D eigenvalue weighted by molar-refractivity contribution is 0.211. The monoisotopic (exact) mass is 240 g/mol. The predicted octanol–water partition coefficient (Wildman–Crippen LogP) is 1.44. The van der Waals surface area contributed by atoms with Crippen LogP contribution < -0.4 is 0 Å². The van der Waals surface area contributed by atoms with E-state index in [2.05, 4.69) is 15.3 Å². The summed E-state index contributed by atoms with van der Waals surface area (Å²) in [6, 6.07) is 9.60. The molecule has 1 unspecified atom stereocenters. The predicted molar refractivity (Wildman–Crippen MR) is 66.8 cm³/mol. The summed E-state index contributed by atoms with van der Waals surface area (Å²) < 4.78 is 1.56. The summed E-state index contributed by atoms with van der Waals surface area (Å²) in [7, 11) is 1.75. The number of aliphatic hydroxyl groups is 1. The quantitative estimate of drug-likeness (QED) is 0.736. The summed E-state index contributed by atoms with van der Waals surface area (Å²) >= 11 is 0. The average Bonchev–Trinajstić information content (AvgIpc) is 2.83. The van der Waals surface area contributed by atoms with Crippen LogP contribution in [0, 0.1) is 0 Å². The molecule has 0 aliphatic carbocycles. The molecule has 0 saturated carbocycles. The highest BCUT2D eigenvalue weighted by molar-refractivity contribution is 5.82. The third-order valence-corrected chi connectivity index (χ3v) is 2.99. The van der Waals surface area contributed by atoms with Crippen molar-refractivity contribution in [3.8, 4) is 0 Å². The number of fused-ring (bicyclic) bond motifs is 1. The van der Waals surface area contributed by atoms with Gasteiger partial charge < -0.3 is 5.11 Å². The maximum Gasteiger partial charge on any atom is 0.124 e. The van der Waals surface area contributed by atoms with Crippen molar-refractivity contribution in [2.75, 3.05) is 0 Å². The van der Waals surface area contributed by atoms with Gasteiger partial charge in [0.2, 0.25) is 0 Å². The Morgan fingerprint density at radius 3 is 2.83 bits per heavy atom. The normalized spacial score (nSPS) is 12.8. The van der Waals surface area contributed by atoms with Gasteiger partial charge in [0.15, 0.2) is 0 Å². The molecule has 3 rings (SSSR count). The van der Waals surface area contributed by atoms with Crippen LogP contribution in [-0.4, -0.2) is 25.1 Å². The first kappa shape index (κ1) is 10.9. The Labute approximate surface area is 104 Å². The van der Waals surface area contributed by atoms with Gasteiger partial charge >= 0.3 is 0 Å². The molecule has 90 valence electrons. The highest BCUT2D eigenvalue weighted by Gasteiger charge is 2.17. The second-order valence-electron chi connectivity index (χ2n) is 4.11. The van der Waals surface area contributed by atoms with Crippen molar-refractivity contribution in [3.05, 3.63) is 54.0 Å². The van der Waals surface area contributed by atoms with Crippen molar-refractivity contribution in [2.45, 2.75) is 6.10 Å². The number of rotatable bonds is 2. The molecule has 0 amide bonds. The number of aliphatic hydroxyl groups excluding tert-OH is 1. The fraction of sp³-hybridized carbons (Fsp3) is 0.154. The summed E-state index contributed by atoms with van der Waals surface area (Å²) in [5, 5.41) is 19.0. The van der Waals surface area contributed by atoms with Crippen LogP contribution in [0.5, 0.6) is 0 Å². The number of nitrogens with zero attached hydrogens (tertiary/aromatic N) is 4. The Balaban J connectivity index is 2.18. The van der Waals surface area contributed by atoms with E-state index in [0.717, 1.165) is 16.5 Å². The largest absolute Gasteiger partial charge is 0.382 e. The molecule has 0 aliphatic heterocycles. The lowest BCUT2D eigenvalue weighted by Crippen LogP contribution is -2.07. The summed E-state index contributed by atoms with van der Waals surface area (Å²) in [6.45, 7) is 0. The average molecular weight is 240 g/mol. The molecule has 1 N–H and O–H groups in total. The molecule has 0 aliphatic rings. The molecule has 0 bridgehead atoms. The van der Waals surface area contributed by atoms with Gasteiger partial charge in [0.1, 0.15) is 6.10 Å². The Kier molecular flexibility index (Phi) is 2.53. The number of aromatic nitrogens is 4. The van der Waals surface area contributed by atoms with E-state index in [1.54, 1.807) is 24.1 Å². The van der Waals surface area contributed by atoms with Gasteiger partial charge in [-0.2, -0.15) is 0 Å². The number of aryl methyl sites for hydroxylation is 1. The van der Waals surface area contributed by atoms with Crippen LogP contribution in [0.2, 0.25) is 0 Å². The third-order valence-electron chi connectivity index (χ3n) is 2.99. The van der Waals surface area contributed by atoms with Crippen molar-refractivity contribution < 1.29 is 5.11 Å². The first-order valence-electron chi connectivity index (χ1n) is 5.63. The molecule has 0 fully saturated rings. The van der Waals surface area contributed by atoms with Crippen LogP contribution in [0.25, 0.3) is 10.9 Å². The third kappa shape index (κ3) is 1.65. The highest BCUT2D eigenvalue weighted by Crippen LogP contribution is 2.26. The summed E-state index contributed by atoms with van der Waals surface area (Å²) in [5.41, 5.74) is 2.21. The molecule has 2 heterocycles. The molecule has 18 heavy (non-hydrogen) atoms. The molecular formula is C13H12N4O. The Hall–Kier alpha value is -2.27. The van der Waals surface area contributed by atoms with Crippen LogP contribution in [0.4, 0.5) is 0 Å². The second kappa shape index (κ2) is 4.19.